The lowest BCUT2D eigenvalue weighted by atomic mass is 9.79. The van der Waals surface area contributed by atoms with Crippen LogP contribution in [-0.2, 0) is 0 Å². The predicted molar refractivity (Wildman–Crippen MR) is 56.5 cm³/mol. The second-order valence-electron chi connectivity index (χ2n) is 4.59. The monoisotopic (exact) mass is 266 g/mol. The molecule has 0 unspecified atom stereocenters. The average Bonchev–Trinajstić information content (AvgIpc) is 2.20. The van der Waals surface area contributed by atoms with Crippen LogP contribution < -0.4 is 10.2 Å². The second kappa shape index (κ2) is 4.77. The van der Waals surface area contributed by atoms with Gasteiger partial charge in [-0.15, -0.1) is 0 Å². The lowest BCUT2D eigenvalue weighted by Gasteiger charge is -2.22. The van der Waals surface area contributed by atoms with Gasteiger partial charge in [0.15, 0.2) is 17.4 Å². The Morgan fingerprint density at radius 3 is 1.56 bits per heavy atom. The fraction of sp³-hybridized carbons (Fsp3) is 0.400. The van der Waals surface area contributed by atoms with Crippen molar-refractivity contribution in [1.29, 1.82) is 0 Å². The Morgan fingerprint density at radius 1 is 0.889 bits per heavy atom. The minimum atomic E-state index is -2.67. The largest absolute Gasteiger partial charge is 0.494 e. The molecule has 18 heavy (non-hydrogen) atoms. The van der Waals surface area contributed by atoms with Crippen molar-refractivity contribution < 1.29 is 32.3 Å². The van der Waals surface area contributed by atoms with Gasteiger partial charge in [0, 0.05) is 0 Å². The predicted octanol–water partition coefficient (Wildman–Crippen LogP) is 1.10. The summed E-state index contributed by atoms with van der Waals surface area (Å²) in [5.74, 6) is -8.66. The Kier molecular flexibility index (Phi) is 3.92. The number of benzene rings is 1. The van der Waals surface area contributed by atoms with E-state index in [0.717, 1.165) is 0 Å². The maximum Gasteiger partial charge on any atom is 0.494 e. The van der Waals surface area contributed by atoms with Crippen LogP contribution in [0.2, 0.25) is 0 Å². The molecule has 0 amide bonds. The lowest BCUT2D eigenvalue weighted by molar-refractivity contribution is 0.114. The van der Waals surface area contributed by atoms with E-state index in [1.54, 1.807) is 0 Å². The van der Waals surface area contributed by atoms with E-state index in [1.807, 2.05) is 0 Å². The van der Waals surface area contributed by atoms with Crippen molar-refractivity contribution in [3.63, 3.8) is 0 Å². The molecule has 0 bridgehead atoms. The van der Waals surface area contributed by atoms with E-state index >= 15 is 0 Å². The highest BCUT2D eigenvalue weighted by atomic mass is 19.2. The highest BCUT2D eigenvalue weighted by Crippen LogP contribution is 2.28. The van der Waals surface area contributed by atoms with Gasteiger partial charge in [-0.1, -0.05) is 0 Å². The molecule has 2 N–H and O–H groups in total. The molecule has 0 aromatic heterocycles. The Bertz CT molecular complexity index is 442. The van der Waals surface area contributed by atoms with Crippen molar-refractivity contribution in [2.75, 3.05) is 0 Å². The molecular formula is C10H11BF4O3. The third-order valence-corrected chi connectivity index (χ3v) is 1.92. The maximum atomic E-state index is 13.5. The highest BCUT2D eigenvalue weighted by molar-refractivity contribution is 6.58. The van der Waals surface area contributed by atoms with Gasteiger partial charge in [0.1, 0.15) is 5.60 Å². The van der Waals surface area contributed by atoms with Gasteiger partial charge < -0.3 is 14.8 Å². The van der Waals surface area contributed by atoms with Crippen LogP contribution in [0.4, 0.5) is 17.6 Å². The Labute approximate surface area is 101 Å². The summed E-state index contributed by atoms with van der Waals surface area (Å²) in [5, 5.41) is 17.3. The van der Waals surface area contributed by atoms with E-state index in [9.17, 15) is 17.6 Å². The van der Waals surface area contributed by atoms with Gasteiger partial charge in [-0.25, -0.2) is 8.78 Å². The van der Waals surface area contributed by atoms with Gasteiger partial charge in [0.25, 0.3) is 0 Å². The molecular weight excluding hydrogens is 255 g/mol. The van der Waals surface area contributed by atoms with Crippen LogP contribution in [0.15, 0.2) is 0 Å². The standard InChI is InChI=1S/C10H11BF4O3/c1-10(2,3)18-9-7(14)5(12)4(11(16)17)6(13)8(9)15/h16-17H,1-3H3. The number of hydrogen-bond acceptors (Lipinski definition) is 3. The van der Waals surface area contributed by atoms with Crippen molar-refractivity contribution >= 4 is 12.6 Å². The number of rotatable bonds is 2. The van der Waals surface area contributed by atoms with E-state index in [2.05, 4.69) is 0 Å². The number of ether oxygens (including phenoxy) is 1. The summed E-state index contributed by atoms with van der Waals surface area (Å²) >= 11 is 0. The molecule has 0 saturated heterocycles. The van der Waals surface area contributed by atoms with Crippen LogP contribution in [0.3, 0.4) is 0 Å². The fourth-order valence-corrected chi connectivity index (χ4v) is 1.25. The summed E-state index contributed by atoms with van der Waals surface area (Å²) in [6, 6.07) is 0. The molecule has 1 aromatic rings. The lowest BCUT2D eigenvalue weighted by Crippen LogP contribution is -2.38. The third kappa shape index (κ3) is 2.76. The van der Waals surface area contributed by atoms with Gasteiger partial charge in [0.2, 0.25) is 11.6 Å². The van der Waals surface area contributed by atoms with Crippen LogP contribution in [0, 0.1) is 23.3 Å². The molecule has 1 rings (SSSR count). The first kappa shape index (κ1) is 14.8. The molecule has 0 fully saturated rings. The quantitative estimate of drug-likeness (QED) is 0.478. The van der Waals surface area contributed by atoms with Crippen molar-refractivity contribution in [1.82, 2.24) is 0 Å². The summed E-state index contributed by atoms with van der Waals surface area (Å²) in [7, 11) is -2.67. The van der Waals surface area contributed by atoms with Gasteiger partial charge in [-0.3, -0.25) is 0 Å². The molecule has 8 heteroatoms. The van der Waals surface area contributed by atoms with E-state index < -0.39 is 47.2 Å². The van der Waals surface area contributed by atoms with E-state index in [4.69, 9.17) is 14.8 Å². The Balaban J connectivity index is 3.49. The van der Waals surface area contributed by atoms with Crippen molar-refractivity contribution in [2.24, 2.45) is 0 Å². The number of halogens is 4. The zero-order valence-electron chi connectivity index (χ0n) is 9.89. The summed E-state index contributed by atoms with van der Waals surface area (Å²) in [5.41, 5.74) is -2.58. The van der Waals surface area contributed by atoms with Crippen molar-refractivity contribution in [2.45, 2.75) is 26.4 Å². The van der Waals surface area contributed by atoms with E-state index in [1.165, 1.54) is 20.8 Å². The van der Waals surface area contributed by atoms with Crippen molar-refractivity contribution in [3.8, 4) is 5.75 Å². The highest BCUT2D eigenvalue weighted by Gasteiger charge is 2.33. The number of hydrogen-bond donors (Lipinski definition) is 2. The SMILES string of the molecule is CC(C)(C)Oc1c(F)c(F)c(B(O)O)c(F)c1F. The first-order chi connectivity index (χ1) is 8.06. The van der Waals surface area contributed by atoms with E-state index in [-0.39, 0.29) is 0 Å². The topological polar surface area (TPSA) is 49.7 Å². The van der Waals surface area contributed by atoms with Gasteiger partial charge >= 0.3 is 7.12 Å². The second-order valence-corrected chi connectivity index (χ2v) is 4.59. The molecule has 0 aliphatic heterocycles. The van der Waals surface area contributed by atoms with Gasteiger partial charge in [-0.2, -0.15) is 8.78 Å². The third-order valence-electron chi connectivity index (χ3n) is 1.92. The van der Waals surface area contributed by atoms with Crippen LogP contribution in [0.5, 0.6) is 5.75 Å². The summed E-state index contributed by atoms with van der Waals surface area (Å²) in [4.78, 5) is 0. The maximum absolute atomic E-state index is 13.5. The Hall–Kier alpha value is -1.28. The minimum Gasteiger partial charge on any atom is -0.482 e. The first-order valence-corrected chi connectivity index (χ1v) is 4.97. The molecule has 1 aromatic carbocycles. The molecule has 0 saturated carbocycles. The first-order valence-electron chi connectivity index (χ1n) is 4.97. The molecule has 0 spiro atoms. The fourth-order valence-electron chi connectivity index (χ4n) is 1.25. The summed E-state index contributed by atoms with van der Waals surface area (Å²) < 4.78 is 58.4. The molecule has 3 nitrogen and oxygen atoms in total. The smallest absolute Gasteiger partial charge is 0.482 e. The zero-order valence-corrected chi connectivity index (χ0v) is 9.89. The molecule has 100 valence electrons. The van der Waals surface area contributed by atoms with E-state index in [0.29, 0.717) is 0 Å². The molecule has 0 heterocycles. The van der Waals surface area contributed by atoms with Crippen LogP contribution >= 0.6 is 0 Å². The molecule has 0 radical (unpaired) electrons. The Morgan fingerprint density at radius 2 is 1.28 bits per heavy atom. The van der Waals surface area contributed by atoms with Crippen LogP contribution in [0.1, 0.15) is 20.8 Å². The van der Waals surface area contributed by atoms with Crippen LogP contribution in [0.25, 0.3) is 0 Å². The average molecular weight is 266 g/mol. The van der Waals surface area contributed by atoms with Crippen LogP contribution in [-0.4, -0.2) is 22.8 Å². The molecule has 0 aliphatic carbocycles. The van der Waals surface area contributed by atoms with Gasteiger partial charge in [-0.05, 0) is 20.8 Å². The molecule has 0 aliphatic rings. The van der Waals surface area contributed by atoms with Crippen molar-refractivity contribution in [3.05, 3.63) is 23.3 Å². The normalized spacial score (nSPS) is 11.6. The summed E-state index contributed by atoms with van der Waals surface area (Å²) in [6.45, 7) is 4.28. The molecule has 0 atom stereocenters. The summed E-state index contributed by atoms with van der Waals surface area (Å²) in [6.07, 6.45) is 0. The van der Waals surface area contributed by atoms with Gasteiger partial charge in [0.05, 0.1) is 5.46 Å². The zero-order chi connectivity index (χ0) is 14.2. The minimum absolute atomic E-state index is 1.08.